The van der Waals surface area contributed by atoms with Gasteiger partial charge in [0.1, 0.15) is 5.82 Å². The van der Waals surface area contributed by atoms with Crippen molar-refractivity contribution in [3.05, 3.63) is 41.3 Å². The second kappa shape index (κ2) is 6.66. The monoisotopic (exact) mass is 283 g/mol. The van der Waals surface area contributed by atoms with Crippen LogP contribution in [0.15, 0.2) is 24.5 Å². The lowest BCUT2D eigenvalue weighted by atomic mass is 10.2. The number of nitriles is 1. The molecule has 108 valence electrons. The van der Waals surface area contributed by atoms with Gasteiger partial charge >= 0.3 is 0 Å². The minimum atomic E-state index is 0.378. The van der Waals surface area contributed by atoms with Gasteiger partial charge in [0, 0.05) is 32.5 Å². The van der Waals surface area contributed by atoms with E-state index in [1.807, 2.05) is 17.0 Å². The zero-order valence-corrected chi connectivity index (χ0v) is 12.2. The SMILES string of the molecule is Cc1nn(C)c(N(CCC#N)Cc2cccnc2)c1C=O. The van der Waals surface area contributed by atoms with Crippen LogP contribution in [0, 0.1) is 18.3 Å². The summed E-state index contributed by atoms with van der Waals surface area (Å²) >= 11 is 0. The number of pyridine rings is 1. The van der Waals surface area contributed by atoms with E-state index in [1.165, 1.54) is 0 Å². The molecule has 0 aliphatic carbocycles. The average molecular weight is 283 g/mol. The molecule has 0 aliphatic heterocycles. The molecule has 0 aromatic carbocycles. The van der Waals surface area contributed by atoms with E-state index < -0.39 is 0 Å². The summed E-state index contributed by atoms with van der Waals surface area (Å²) < 4.78 is 1.69. The number of nitrogens with zero attached hydrogens (tertiary/aromatic N) is 5. The molecule has 0 unspecified atom stereocenters. The van der Waals surface area contributed by atoms with Crippen LogP contribution in [0.1, 0.15) is 28.0 Å². The highest BCUT2D eigenvalue weighted by Crippen LogP contribution is 2.23. The van der Waals surface area contributed by atoms with E-state index in [1.54, 1.807) is 31.0 Å². The topological polar surface area (TPSA) is 74.8 Å². The number of hydrogen-bond donors (Lipinski definition) is 0. The fraction of sp³-hybridized carbons (Fsp3) is 0.333. The standard InChI is InChI=1S/C15H17N5O/c1-12-14(11-21)15(19(2)18-12)20(8-4-6-16)10-13-5-3-7-17-9-13/h3,5,7,9,11H,4,8,10H2,1-2H3. The Kier molecular flexibility index (Phi) is 4.67. The lowest BCUT2D eigenvalue weighted by Crippen LogP contribution is -2.27. The number of carbonyl (C=O) groups is 1. The molecule has 2 rings (SSSR count). The van der Waals surface area contributed by atoms with Crippen molar-refractivity contribution in [2.75, 3.05) is 11.4 Å². The van der Waals surface area contributed by atoms with Crippen molar-refractivity contribution < 1.29 is 4.79 Å². The number of carbonyl (C=O) groups excluding carboxylic acids is 1. The largest absolute Gasteiger partial charge is 0.351 e. The van der Waals surface area contributed by atoms with Crippen molar-refractivity contribution in [3.63, 3.8) is 0 Å². The molecule has 0 saturated carbocycles. The van der Waals surface area contributed by atoms with Crippen LogP contribution in [0.3, 0.4) is 0 Å². The van der Waals surface area contributed by atoms with Gasteiger partial charge in [-0.05, 0) is 18.6 Å². The molecule has 0 aliphatic rings. The first-order valence-corrected chi connectivity index (χ1v) is 6.67. The molecule has 0 radical (unpaired) electrons. The predicted octanol–water partition coefficient (Wildman–Crippen LogP) is 1.86. The third kappa shape index (κ3) is 3.26. The third-order valence-electron chi connectivity index (χ3n) is 3.24. The van der Waals surface area contributed by atoms with Crippen LogP contribution in [0.4, 0.5) is 5.82 Å². The molecule has 2 aromatic heterocycles. The lowest BCUT2D eigenvalue weighted by Gasteiger charge is -2.24. The molecule has 2 aromatic rings. The molecule has 0 amide bonds. The van der Waals surface area contributed by atoms with Crippen molar-refractivity contribution in [3.8, 4) is 6.07 Å². The van der Waals surface area contributed by atoms with Crippen LogP contribution >= 0.6 is 0 Å². The average Bonchev–Trinajstić information content (AvgIpc) is 2.78. The summed E-state index contributed by atoms with van der Waals surface area (Å²) in [6.07, 6.45) is 4.69. The summed E-state index contributed by atoms with van der Waals surface area (Å²) in [5, 5.41) is 13.1. The minimum Gasteiger partial charge on any atom is -0.351 e. The van der Waals surface area contributed by atoms with E-state index in [9.17, 15) is 4.79 Å². The zero-order valence-electron chi connectivity index (χ0n) is 12.2. The summed E-state index contributed by atoms with van der Waals surface area (Å²) in [6, 6.07) is 5.98. The Morgan fingerprint density at radius 2 is 2.33 bits per heavy atom. The number of anilines is 1. The van der Waals surface area contributed by atoms with Gasteiger partial charge in [-0.1, -0.05) is 6.07 Å². The van der Waals surface area contributed by atoms with Gasteiger partial charge in [-0.15, -0.1) is 0 Å². The normalized spacial score (nSPS) is 10.1. The maximum Gasteiger partial charge on any atom is 0.155 e. The first-order valence-electron chi connectivity index (χ1n) is 6.67. The van der Waals surface area contributed by atoms with Gasteiger partial charge in [-0.25, -0.2) is 0 Å². The number of rotatable bonds is 6. The van der Waals surface area contributed by atoms with Crippen LogP contribution in [0.5, 0.6) is 0 Å². The van der Waals surface area contributed by atoms with Gasteiger partial charge in [0.15, 0.2) is 6.29 Å². The second-order valence-electron chi connectivity index (χ2n) is 4.76. The first-order chi connectivity index (χ1) is 10.2. The summed E-state index contributed by atoms with van der Waals surface area (Å²) in [5.41, 5.74) is 2.28. The van der Waals surface area contributed by atoms with Crippen LogP contribution in [0.2, 0.25) is 0 Å². The fourth-order valence-corrected chi connectivity index (χ4v) is 2.33. The molecule has 6 heteroatoms. The summed E-state index contributed by atoms with van der Waals surface area (Å²) in [4.78, 5) is 17.4. The molecule has 0 N–H and O–H groups in total. The molecule has 0 atom stereocenters. The van der Waals surface area contributed by atoms with Gasteiger partial charge in [-0.2, -0.15) is 10.4 Å². The molecule has 6 nitrogen and oxygen atoms in total. The Labute approximate surface area is 123 Å². The molecule has 0 spiro atoms. The molecular weight excluding hydrogens is 266 g/mol. The number of aryl methyl sites for hydroxylation is 2. The molecule has 21 heavy (non-hydrogen) atoms. The van der Waals surface area contributed by atoms with Crippen molar-refractivity contribution in [2.45, 2.75) is 19.9 Å². The van der Waals surface area contributed by atoms with Crippen LogP contribution in [-0.2, 0) is 13.6 Å². The van der Waals surface area contributed by atoms with Crippen molar-refractivity contribution in [2.24, 2.45) is 7.05 Å². The van der Waals surface area contributed by atoms with Crippen LogP contribution in [0.25, 0.3) is 0 Å². The highest BCUT2D eigenvalue weighted by atomic mass is 16.1. The van der Waals surface area contributed by atoms with Crippen molar-refractivity contribution in [1.82, 2.24) is 14.8 Å². The molecule has 2 heterocycles. The molecule has 0 saturated heterocycles. The maximum atomic E-state index is 11.3. The van der Waals surface area contributed by atoms with E-state index in [4.69, 9.17) is 5.26 Å². The van der Waals surface area contributed by atoms with E-state index in [-0.39, 0.29) is 0 Å². The van der Waals surface area contributed by atoms with Gasteiger partial charge < -0.3 is 4.90 Å². The third-order valence-corrected chi connectivity index (χ3v) is 3.24. The second-order valence-corrected chi connectivity index (χ2v) is 4.76. The Morgan fingerprint density at radius 1 is 1.52 bits per heavy atom. The summed E-state index contributed by atoms with van der Waals surface area (Å²) in [7, 11) is 1.80. The first kappa shape index (κ1) is 14.7. The Morgan fingerprint density at radius 3 is 2.95 bits per heavy atom. The lowest BCUT2D eigenvalue weighted by molar-refractivity contribution is 0.112. The molecular formula is C15H17N5O. The van der Waals surface area contributed by atoms with E-state index >= 15 is 0 Å². The summed E-state index contributed by atoms with van der Waals surface area (Å²) in [5.74, 6) is 0.738. The van der Waals surface area contributed by atoms with Crippen molar-refractivity contribution >= 4 is 12.1 Å². The van der Waals surface area contributed by atoms with Gasteiger partial charge in [0.05, 0.1) is 23.7 Å². The maximum absolute atomic E-state index is 11.3. The quantitative estimate of drug-likeness (QED) is 0.756. The minimum absolute atomic E-state index is 0.378. The van der Waals surface area contributed by atoms with Crippen LogP contribution in [-0.4, -0.2) is 27.6 Å². The predicted molar refractivity (Wildman–Crippen MR) is 78.8 cm³/mol. The molecule has 0 bridgehead atoms. The van der Waals surface area contributed by atoms with Crippen molar-refractivity contribution in [1.29, 1.82) is 5.26 Å². The fourth-order valence-electron chi connectivity index (χ4n) is 2.33. The molecule has 0 fully saturated rings. The number of aldehydes is 1. The van der Waals surface area contributed by atoms with Gasteiger partial charge in [0.2, 0.25) is 0 Å². The Balaban J connectivity index is 2.36. The summed E-state index contributed by atoms with van der Waals surface area (Å²) in [6.45, 7) is 2.92. The van der Waals surface area contributed by atoms with Gasteiger partial charge in [-0.3, -0.25) is 14.5 Å². The highest BCUT2D eigenvalue weighted by molar-refractivity contribution is 5.84. The van der Waals surface area contributed by atoms with E-state index in [0.717, 1.165) is 17.7 Å². The number of hydrogen-bond acceptors (Lipinski definition) is 5. The number of aromatic nitrogens is 3. The van der Waals surface area contributed by atoms with Gasteiger partial charge in [0.25, 0.3) is 0 Å². The van der Waals surface area contributed by atoms with Crippen LogP contribution < -0.4 is 4.90 Å². The Hall–Kier alpha value is -2.68. The zero-order chi connectivity index (χ0) is 15.2. The Bertz CT molecular complexity index is 657. The highest BCUT2D eigenvalue weighted by Gasteiger charge is 2.19. The van der Waals surface area contributed by atoms with E-state index in [0.29, 0.717) is 30.8 Å². The van der Waals surface area contributed by atoms with E-state index in [2.05, 4.69) is 16.2 Å². The smallest absolute Gasteiger partial charge is 0.155 e.